The van der Waals surface area contributed by atoms with E-state index < -0.39 is 0 Å². The van der Waals surface area contributed by atoms with Gasteiger partial charge in [-0.2, -0.15) is 5.26 Å². The zero-order valence-electron chi connectivity index (χ0n) is 8.79. The maximum atomic E-state index is 8.62. The van der Waals surface area contributed by atoms with Crippen LogP contribution in [0.3, 0.4) is 0 Å². The molecule has 1 atom stereocenters. The molecule has 1 aliphatic heterocycles. The average Bonchev–Trinajstić information content (AvgIpc) is 2.30. The summed E-state index contributed by atoms with van der Waals surface area (Å²) < 4.78 is 0. The molecular weight excluding hydrogens is 160 g/mol. The Balaban J connectivity index is 2.36. The Morgan fingerprint density at radius 2 is 2.15 bits per heavy atom. The summed E-state index contributed by atoms with van der Waals surface area (Å²) in [6.07, 6.45) is 4.49. The van der Waals surface area contributed by atoms with Crippen molar-refractivity contribution in [2.75, 3.05) is 13.1 Å². The van der Waals surface area contributed by atoms with Crippen molar-refractivity contribution in [1.82, 2.24) is 4.90 Å². The van der Waals surface area contributed by atoms with Gasteiger partial charge in [0.2, 0.25) is 0 Å². The summed E-state index contributed by atoms with van der Waals surface area (Å²) in [5.74, 6) is 0.661. The van der Waals surface area contributed by atoms with Crippen LogP contribution in [0, 0.1) is 17.2 Å². The lowest BCUT2D eigenvalue weighted by Gasteiger charge is -2.24. The van der Waals surface area contributed by atoms with Gasteiger partial charge in [-0.1, -0.05) is 0 Å². The molecule has 1 rings (SSSR count). The van der Waals surface area contributed by atoms with Crippen LogP contribution in [0.1, 0.15) is 39.5 Å². The summed E-state index contributed by atoms with van der Waals surface area (Å²) in [5, 5.41) is 8.62. The van der Waals surface area contributed by atoms with Crippen LogP contribution in [-0.4, -0.2) is 24.0 Å². The van der Waals surface area contributed by atoms with Crippen LogP contribution in [-0.2, 0) is 0 Å². The van der Waals surface area contributed by atoms with Crippen LogP contribution in [0.2, 0.25) is 0 Å². The molecule has 0 aromatic heterocycles. The fourth-order valence-corrected chi connectivity index (χ4v) is 2.04. The SMILES string of the molecule is CC(C)N1CCCC(CC#N)CC1. The number of rotatable bonds is 2. The highest BCUT2D eigenvalue weighted by molar-refractivity contribution is 4.79. The fraction of sp³-hybridized carbons (Fsp3) is 0.909. The summed E-state index contributed by atoms with van der Waals surface area (Å²) in [5.41, 5.74) is 0. The second-order valence-corrected chi connectivity index (χ2v) is 4.29. The van der Waals surface area contributed by atoms with Crippen molar-refractivity contribution in [3.8, 4) is 6.07 Å². The van der Waals surface area contributed by atoms with Crippen molar-refractivity contribution in [2.24, 2.45) is 5.92 Å². The Kier molecular flexibility index (Phi) is 4.24. The van der Waals surface area contributed by atoms with Crippen LogP contribution in [0.25, 0.3) is 0 Å². The van der Waals surface area contributed by atoms with E-state index in [1.807, 2.05) is 0 Å². The van der Waals surface area contributed by atoms with Crippen molar-refractivity contribution in [3.05, 3.63) is 0 Å². The van der Waals surface area contributed by atoms with Gasteiger partial charge in [-0.3, -0.25) is 0 Å². The maximum absolute atomic E-state index is 8.62. The molecule has 0 aromatic carbocycles. The third kappa shape index (κ3) is 3.36. The fourth-order valence-electron chi connectivity index (χ4n) is 2.04. The molecular formula is C11H20N2. The first-order valence-electron chi connectivity index (χ1n) is 5.35. The molecule has 0 radical (unpaired) electrons. The van der Waals surface area contributed by atoms with Crippen LogP contribution < -0.4 is 0 Å². The normalized spacial score (nSPS) is 25.5. The van der Waals surface area contributed by atoms with Crippen molar-refractivity contribution in [2.45, 2.75) is 45.6 Å². The van der Waals surface area contributed by atoms with Crippen molar-refractivity contribution in [3.63, 3.8) is 0 Å². The number of nitrogens with zero attached hydrogens (tertiary/aromatic N) is 2. The smallest absolute Gasteiger partial charge is 0.0624 e. The average molecular weight is 180 g/mol. The summed E-state index contributed by atoms with van der Waals surface area (Å²) in [6.45, 7) is 6.92. The van der Waals surface area contributed by atoms with Gasteiger partial charge >= 0.3 is 0 Å². The van der Waals surface area contributed by atoms with Crippen molar-refractivity contribution in [1.29, 1.82) is 5.26 Å². The largest absolute Gasteiger partial charge is 0.301 e. The molecule has 0 N–H and O–H groups in total. The number of hydrogen-bond acceptors (Lipinski definition) is 2. The highest BCUT2D eigenvalue weighted by Gasteiger charge is 2.17. The lowest BCUT2D eigenvalue weighted by Crippen LogP contribution is -2.31. The predicted octanol–water partition coefficient (Wildman–Crippen LogP) is 2.41. The van der Waals surface area contributed by atoms with Crippen LogP contribution in [0.15, 0.2) is 0 Å². The zero-order valence-corrected chi connectivity index (χ0v) is 8.79. The zero-order chi connectivity index (χ0) is 9.68. The van der Waals surface area contributed by atoms with Gasteiger partial charge in [0.15, 0.2) is 0 Å². The molecule has 0 aliphatic carbocycles. The number of likely N-dealkylation sites (tertiary alicyclic amines) is 1. The standard InChI is InChI=1S/C11H20N2/c1-10(2)13-8-3-4-11(5-7-12)6-9-13/h10-11H,3-6,8-9H2,1-2H3. The van der Waals surface area contributed by atoms with Crippen LogP contribution >= 0.6 is 0 Å². The molecule has 0 saturated carbocycles. The molecule has 1 fully saturated rings. The molecule has 13 heavy (non-hydrogen) atoms. The van der Waals surface area contributed by atoms with Gasteiger partial charge in [0.05, 0.1) is 6.07 Å². The lowest BCUT2D eigenvalue weighted by molar-refractivity contribution is 0.228. The highest BCUT2D eigenvalue weighted by atomic mass is 15.1. The van der Waals surface area contributed by atoms with E-state index in [0.717, 1.165) is 6.42 Å². The Morgan fingerprint density at radius 1 is 1.38 bits per heavy atom. The molecule has 0 bridgehead atoms. The topological polar surface area (TPSA) is 27.0 Å². The molecule has 0 aromatic rings. The van der Waals surface area contributed by atoms with Crippen molar-refractivity contribution >= 4 is 0 Å². The van der Waals surface area contributed by atoms with E-state index in [-0.39, 0.29) is 0 Å². The van der Waals surface area contributed by atoms with Gasteiger partial charge in [0.25, 0.3) is 0 Å². The molecule has 0 spiro atoms. The maximum Gasteiger partial charge on any atom is 0.0624 e. The molecule has 2 heteroatoms. The third-order valence-corrected chi connectivity index (χ3v) is 2.99. The first kappa shape index (κ1) is 10.5. The van der Waals surface area contributed by atoms with Crippen LogP contribution in [0.4, 0.5) is 0 Å². The predicted molar refractivity (Wildman–Crippen MR) is 54.3 cm³/mol. The van der Waals surface area contributed by atoms with E-state index in [0.29, 0.717) is 12.0 Å². The molecule has 74 valence electrons. The Bertz CT molecular complexity index is 181. The lowest BCUT2D eigenvalue weighted by atomic mass is 9.98. The monoisotopic (exact) mass is 180 g/mol. The third-order valence-electron chi connectivity index (χ3n) is 2.99. The quantitative estimate of drug-likeness (QED) is 0.652. The minimum absolute atomic E-state index is 0.661. The second-order valence-electron chi connectivity index (χ2n) is 4.29. The highest BCUT2D eigenvalue weighted by Crippen LogP contribution is 2.21. The van der Waals surface area contributed by atoms with Gasteiger partial charge < -0.3 is 4.90 Å². The first-order valence-corrected chi connectivity index (χ1v) is 5.35. The second kappa shape index (κ2) is 5.24. The first-order chi connectivity index (χ1) is 6.24. The van der Waals surface area contributed by atoms with Gasteiger partial charge in [0.1, 0.15) is 0 Å². The molecule has 1 saturated heterocycles. The molecule has 1 aliphatic rings. The Labute approximate surface area is 81.5 Å². The van der Waals surface area contributed by atoms with E-state index in [9.17, 15) is 0 Å². The van der Waals surface area contributed by atoms with Gasteiger partial charge in [-0.15, -0.1) is 0 Å². The van der Waals surface area contributed by atoms with Gasteiger partial charge in [-0.05, 0) is 52.1 Å². The molecule has 1 unspecified atom stereocenters. The molecule has 1 heterocycles. The van der Waals surface area contributed by atoms with Gasteiger partial charge in [-0.25, -0.2) is 0 Å². The number of hydrogen-bond donors (Lipinski definition) is 0. The molecule has 2 nitrogen and oxygen atoms in total. The van der Waals surface area contributed by atoms with Crippen LogP contribution in [0.5, 0.6) is 0 Å². The van der Waals surface area contributed by atoms with Crippen molar-refractivity contribution < 1.29 is 0 Å². The molecule has 0 amide bonds. The number of nitriles is 1. The van der Waals surface area contributed by atoms with Gasteiger partial charge in [0, 0.05) is 12.5 Å². The Hall–Kier alpha value is -0.550. The Morgan fingerprint density at radius 3 is 2.77 bits per heavy atom. The van der Waals surface area contributed by atoms with E-state index in [2.05, 4.69) is 24.8 Å². The minimum atomic E-state index is 0.661. The van der Waals surface area contributed by atoms with E-state index in [4.69, 9.17) is 5.26 Å². The summed E-state index contributed by atoms with van der Waals surface area (Å²) in [7, 11) is 0. The summed E-state index contributed by atoms with van der Waals surface area (Å²) >= 11 is 0. The summed E-state index contributed by atoms with van der Waals surface area (Å²) in [4.78, 5) is 2.53. The van der Waals surface area contributed by atoms with E-state index in [1.165, 1.54) is 32.4 Å². The van der Waals surface area contributed by atoms with E-state index >= 15 is 0 Å². The van der Waals surface area contributed by atoms with E-state index in [1.54, 1.807) is 0 Å². The summed E-state index contributed by atoms with van der Waals surface area (Å²) in [6, 6.07) is 2.96. The minimum Gasteiger partial charge on any atom is -0.301 e.